The summed E-state index contributed by atoms with van der Waals surface area (Å²) in [5, 5.41) is 3.13. The summed E-state index contributed by atoms with van der Waals surface area (Å²) in [5.74, 6) is 1.71. The maximum Gasteiger partial charge on any atom is 0.240 e. The van der Waals surface area contributed by atoms with E-state index in [9.17, 15) is 8.42 Å². The van der Waals surface area contributed by atoms with Gasteiger partial charge in [-0.1, -0.05) is 17.7 Å². The Labute approximate surface area is 125 Å². The van der Waals surface area contributed by atoms with Crippen molar-refractivity contribution in [3.8, 4) is 0 Å². The second-order valence-corrected chi connectivity index (χ2v) is 6.67. The molecule has 0 radical (unpaired) electrons. The largest absolute Gasteiger partial charge is 0.465 e. The van der Waals surface area contributed by atoms with E-state index in [2.05, 4.69) is 10.0 Å². The van der Waals surface area contributed by atoms with Gasteiger partial charge in [-0.25, -0.2) is 13.1 Å². The highest BCUT2D eigenvalue weighted by atomic mass is 32.2. The number of rotatable bonds is 7. The van der Waals surface area contributed by atoms with Gasteiger partial charge in [-0.05, 0) is 38.1 Å². The van der Waals surface area contributed by atoms with Crippen LogP contribution in [0.4, 0.5) is 0 Å². The number of furan rings is 1. The summed E-state index contributed by atoms with van der Waals surface area (Å²) in [7, 11) is -3.43. The molecule has 2 N–H and O–H groups in total. The zero-order valence-electron chi connectivity index (χ0n) is 12.2. The summed E-state index contributed by atoms with van der Waals surface area (Å²) in [6, 6.07) is 10.6. The molecule has 1 aromatic carbocycles. The fourth-order valence-corrected chi connectivity index (χ4v) is 2.90. The molecule has 0 unspecified atom stereocenters. The van der Waals surface area contributed by atoms with Gasteiger partial charge in [0.05, 0.1) is 11.4 Å². The third-order valence-corrected chi connectivity index (χ3v) is 4.50. The van der Waals surface area contributed by atoms with Gasteiger partial charge in [-0.15, -0.1) is 0 Å². The van der Waals surface area contributed by atoms with E-state index in [-0.39, 0.29) is 4.90 Å². The first-order valence-corrected chi connectivity index (χ1v) is 8.28. The Balaban J connectivity index is 1.76. The van der Waals surface area contributed by atoms with Crippen LogP contribution < -0.4 is 10.0 Å². The zero-order valence-corrected chi connectivity index (χ0v) is 13.0. The van der Waals surface area contributed by atoms with Crippen molar-refractivity contribution >= 4 is 10.0 Å². The van der Waals surface area contributed by atoms with Gasteiger partial charge in [0.15, 0.2) is 0 Å². The fraction of sp³-hybridized carbons (Fsp3) is 0.333. The van der Waals surface area contributed by atoms with Crippen LogP contribution in [-0.4, -0.2) is 21.5 Å². The van der Waals surface area contributed by atoms with Crippen LogP contribution in [0, 0.1) is 13.8 Å². The van der Waals surface area contributed by atoms with Crippen molar-refractivity contribution in [1.82, 2.24) is 10.0 Å². The van der Waals surface area contributed by atoms with E-state index in [4.69, 9.17) is 4.42 Å². The molecule has 0 aliphatic rings. The first-order valence-electron chi connectivity index (χ1n) is 6.80. The minimum Gasteiger partial charge on any atom is -0.465 e. The lowest BCUT2D eigenvalue weighted by Gasteiger charge is -2.07. The van der Waals surface area contributed by atoms with Crippen LogP contribution in [0.25, 0.3) is 0 Å². The lowest BCUT2D eigenvalue weighted by atomic mass is 10.2. The molecule has 21 heavy (non-hydrogen) atoms. The predicted octanol–water partition coefficient (Wildman–Crippen LogP) is 1.96. The molecule has 0 saturated carbocycles. The number of hydrogen-bond acceptors (Lipinski definition) is 4. The molecule has 2 rings (SSSR count). The molecule has 2 aromatic rings. The number of aryl methyl sites for hydroxylation is 2. The highest BCUT2D eigenvalue weighted by molar-refractivity contribution is 7.89. The Morgan fingerprint density at radius 3 is 2.33 bits per heavy atom. The van der Waals surface area contributed by atoms with E-state index in [0.29, 0.717) is 19.6 Å². The molecule has 0 aliphatic heterocycles. The Kier molecular flexibility index (Phi) is 5.17. The second kappa shape index (κ2) is 6.89. The Hall–Kier alpha value is -1.63. The molecule has 6 heteroatoms. The van der Waals surface area contributed by atoms with Crippen molar-refractivity contribution in [2.24, 2.45) is 0 Å². The van der Waals surface area contributed by atoms with E-state index in [1.807, 2.05) is 26.0 Å². The molecule has 5 nitrogen and oxygen atoms in total. The van der Waals surface area contributed by atoms with Gasteiger partial charge in [0.1, 0.15) is 11.5 Å². The minimum absolute atomic E-state index is 0.287. The van der Waals surface area contributed by atoms with Crippen LogP contribution in [0.15, 0.2) is 45.7 Å². The van der Waals surface area contributed by atoms with E-state index in [1.54, 1.807) is 24.3 Å². The first kappa shape index (κ1) is 15.8. The van der Waals surface area contributed by atoms with Crippen LogP contribution in [0.5, 0.6) is 0 Å². The minimum atomic E-state index is -3.43. The van der Waals surface area contributed by atoms with Crippen molar-refractivity contribution in [1.29, 1.82) is 0 Å². The van der Waals surface area contributed by atoms with Gasteiger partial charge >= 0.3 is 0 Å². The fourth-order valence-electron chi connectivity index (χ4n) is 1.87. The van der Waals surface area contributed by atoms with Crippen LogP contribution in [0.3, 0.4) is 0 Å². The normalized spacial score (nSPS) is 11.7. The third kappa shape index (κ3) is 4.70. The van der Waals surface area contributed by atoms with Crippen molar-refractivity contribution in [2.75, 3.05) is 13.1 Å². The van der Waals surface area contributed by atoms with Gasteiger partial charge in [-0.2, -0.15) is 0 Å². The molecule has 0 aliphatic carbocycles. The summed E-state index contributed by atoms with van der Waals surface area (Å²) in [6.07, 6.45) is 0. The van der Waals surface area contributed by atoms with Crippen LogP contribution in [0.2, 0.25) is 0 Å². The number of sulfonamides is 1. The average molecular weight is 308 g/mol. The van der Waals surface area contributed by atoms with Gasteiger partial charge in [0.25, 0.3) is 0 Å². The van der Waals surface area contributed by atoms with Crippen LogP contribution in [0.1, 0.15) is 17.1 Å². The summed E-state index contributed by atoms with van der Waals surface area (Å²) in [5.41, 5.74) is 1.03. The van der Waals surface area contributed by atoms with Crippen molar-refractivity contribution in [3.63, 3.8) is 0 Å². The molecule has 0 bridgehead atoms. The standard InChI is InChI=1S/C15H20N2O3S/c1-12-3-7-15(8-4-12)21(18,19)17-10-9-16-11-14-6-5-13(2)20-14/h3-8,16-17H,9-11H2,1-2H3. The van der Waals surface area contributed by atoms with Gasteiger partial charge in [0.2, 0.25) is 10.0 Å². The number of nitrogens with one attached hydrogen (secondary N) is 2. The Bertz CT molecular complexity index is 675. The molecular weight excluding hydrogens is 288 g/mol. The average Bonchev–Trinajstić information content (AvgIpc) is 2.84. The third-order valence-electron chi connectivity index (χ3n) is 3.02. The van der Waals surface area contributed by atoms with Crippen LogP contribution in [-0.2, 0) is 16.6 Å². The van der Waals surface area contributed by atoms with Crippen molar-refractivity contribution in [3.05, 3.63) is 53.5 Å². The lowest BCUT2D eigenvalue weighted by molar-refractivity contribution is 0.462. The highest BCUT2D eigenvalue weighted by Crippen LogP contribution is 2.09. The lowest BCUT2D eigenvalue weighted by Crippen LogP contribution is -2.31. The predicted molar refractivity (Wildman–Crippen MR) is 81.5 cm³/mol. The van der Waals surface area contributed by atoms with Crippen molar-refractivity contribution < 1.29 is 12.8 Å². The van der Waals surface area contributed by atoms with E-state index in [0.717, 1.165) is 17.1 Å². The maximum atomic E-state index is 12.0. The molecule has 114 valence electrons. The van der Waals surface area contributed by atoms with Gasteiger partial charge in [0, 0.05) is 13.1 Å². The van der Waals surface area contributed by atoms with Gasteiger partial charge < -0.3 is 9.73 Å². The Morgan fingerprint density at radius 2 is 1.71 bits per heavy atom. The molecule has 0 spiro atoms. The molecule has 0 atom stereocenters. The molecule has 0 saturated heterocycles. The molecular formula is C15H20N2O3S. The molecule has 1 aromatic heterocycles. The second-order valence-electron chi connectivity index (χ2n) is 4.90. The summed E-state index contributed by atoms with van der Waals surface area (Å²) >= 11 is 0. The first-order chi connectivity index (χ1) is 9.97. The quantitative estimate of drug-likeness (QED) is 0.767. The SMILES string of the molecule is Cc1ccc(S(=O)(=O)NCCNCc2ccc(C)o2)cc1. The maximum absolute atomic E-state index is 12.0. The Morgan fingerprint density at radius 1 is 1.00 bits per heavy atom. The van der Waals surface area contributed by atoms with E-state index >= 15 is 0 Å². The number of hydrogen-bond donors (Lipinski definition) is 2. The highest BCUT2D eigenvalue weighted by Gasteiger charge is 2.12. The summed E-state index contributed by atoms with van der Waals surface area (Å²) in [6.45, 7) is 5.25. The summed E-state index contributed by atoms with van der Waals surface area (Å²) < 4.78 is 32.0. The summed E-state index contributed by atoms with van der Waals surface area (Å²) in [4.78, 5) is 0.287. The van der Waals surface area contributed by atoms with E-state index in [1.165, 1.54) is 0 Å². The van der Waals surface area contributed by atoms with Gasteiger partial charge in [-0.3, -0.25) is 0 Å². The topological polar surface area (TPSA) is 71.3 Å². The number of benzene rings is 1. The molecule has 1 heterocycles. The molecule has 0 amide bonds. The zero-order chi connectivity index (χ0) is 15.3. The van der Waals surface area contributed by atoms with E-state index < -0.39 is 10.0 Å². The van der Waals surface area contributed by atoms with Crippen LogP contribution >= 0.6 is 0 Å². The monoisotopic (exact) mass is 308 g/mol. The van der Waals surface area contributed by atoms with Crippen molar-refractivity contribution in [2.45, 2.75) is 25.3 Å². The molecule has 0 fully saturated rings. The smallest absolute Gasteiger partial charge is 0.240 e.